The highest BCUT2D eigenvalue weighted by molar-refractivity contribution is 9.10. The lowest BCUT2D eigenvalue weighted by molar-refractivity contribution is -0.119. The number of benzene rings is 3. The Morgan fingerprint density at radius 1 is 1.03 bits per heavy atom. The third-order valence-corrected chi connectivity index (χ3v) is 6.99. The van der Waals surface area contributed by atoms with Gasteiger partial charge in [-0.15, -0.1) is 0 Å². The molecule has 1 aliphatic heterocycles. The van der Waals surface area contributed by atoms with Crippen LogP contribution in [-0.2, 0) is 14.8 Å². The number of nitrogens with one attached hydrogen (secondary N) is 1. The van der Waals surface area contributed by atoms with Gasteiger partial charge in [-0.2, -0.15) is 5.10 Å². The minimum Gasteiger partial charge on any atom is -0.486 e. The fraction of sp³-hybridized carbons (Fsp3) is 0.130. The molecule has 0 saturated heterocycles. The van der Waals surface area contributed by atoms with E-state index in [1.165, 1.54) is 18.3 Å². The largest absolute Gasteiger partial charge is 0.486 e. The van der Waals surface area contributed by atoms with E-state index in [4.69, 9.17) is 9.47 Å². The summed E-state index contributed by atoms with van der Waals surface area (Å²) in [5, 5.41) is 3.98. The minimum absolute atomic E-state index is 0.0781. The summed E-state index contributed by atoms with van der Waals surface area (Å²) in [5.74, 6) is 0.545. The summed E-state index contributed by atoms with van der Waals surface area (Å²) in [5.41, 5.74) is 3.37. The van der Waals surface area contributed by atoms with Gasteiger partial charge in [-0.1, -0.05) is 46.3 Å². The van der Waals surface area contributed by atoms with Gasteiger partial charge >= 0.3 is 0 Å². The molecule has 0 unspecified atom stereocenters. The van der Waals surface area contributed by atoms with E-state index in [2.05, 4.69) is 26.5 Å². The minimum atomic E-state index is -3.99. The topological polar surface area (TPSA) is 97.3 Å². The fourth-order valence-corrected chi connectivity index (χ4v) is 5.02. The van der Waals surface area contributed by atoms with Crippen LogP contribution in [0.5, 0.6) is 11.5 Å². The van der Waals surface area contributed by atoms with Crippen LogP contribution < -0.4 is 19.2 Å². The number of carbonyl (C=O) groups is 1. The smallest absolute Gasteiger partial charge is 0.264 e. The van der Waals surface area contributed by atoms with Crippen molar-refractivity contribution in [3.8, 4) is 11.5 Å². The van der Waals surface area contributed by atoms with E-state index in [-0.39, 0.29) is 4.90 Å². The van der Waals surface area contributed by atoms with E-state index < -0.39 is 22.5 Å². The van der Waals surface area contributed by atoms with Gasteiger partial charge in [-0.3, -0.25) is 9.10 Å². The number of hydrogen-bond donors (Lipinski definition) is 1. The average Bonchev–Trinajstić information content (AvgIpc) is 2.83. The highest BCUT2D eigenvalue weighted by atomic mass is 79.9. The van der Waals surface area contributed by atoms with E-state index in [9.17, 15) is 13.2 Å². The van der Waals surface area contributed by atoms with Crippen molar-refractivity contribution in [2.75, 3.05) is 24.1 Å². The maximum atomic E-state index is 13.3. The Balaban J connectivity index is 1.54. The lowest BCUT2D eigenvalue weighted by atomic mass is 10.2. The van der Waals surface area contributed by atoms with Crippen molar-refractivity contribution in [3.05, 3.63) is 82.8 Å². The maximum absolute atomic E-state index is 13.3. The quantitative estimate of drug-likeness (QED) is 0.372. The molecule has 4 rings (SSSR count). The number of para-hydroxylation sites is 1. The molecule has 0 fully saturated rings. The number of ether oxygens (including phenoxy) is 2. The molecule has 0 atom stereocenters. The second kappa shape index (κ2) is 10.1. The summed E-state index contributed by atoms with van der Waals surface area (Å²) in [7, 11) is -3.99. The first-order valence-corrected chi connectivity index (χ1v) is 12.2. The summed E-state index contributed by atoms with van der Waals surface area (Å²) in [6.45, 7) is 0.423. The number of hydrazone groups is 1. The van der Waals surface area contributed by atoms with Gasteiger partial charge in [0, 0.05) is 10.0 Å². The number of hydrogen-bond acceptors (Lipinski definition) is 6. The molecule has 3 aromatic rings. The number of nitrogens with zero attached hydrogens (tertiary/aromatic N) is 2. The highest BCUT2D eigenvalue weighted by Crippen LogP contribution is 2.32. The summed E-state index contributed by atoms with van der Waals surface area (Å²) in [6, 6.07) is 20.0. The first kappa shape index (κ1) is 22.8. The van der Waals surface area contributed by atoms with Gasteiger partial charge in [0.25, 0.3) is 15.9 Å². The second-order valence-corrected chi connectivity index (χ2v) is 9.75. The third-order valence-electron chi connectivity index (χ3n) is 4.70. The average molecular weight is 530 g/mol. The van der Waals surface area contributed by atoms with Gasteiger partial charge in [0.05, 0.1) is 16.8 Å². The van der Waals surface area contributed by atoms with Crippen LogP contribution in [0.4, 0.5) is 5.69 Å². The van der Waals surface area contributed by atoms with Crippen LogP contribution in [0.2, 0.25) is 0 Å². The summed E-state index contributed by atoms with van der Waals surface area (Å²) in [4.78, 5) is 12.7. The molecule has 0 radical (unpaired) electrons. The Morgan fingerprint density at radius 2 is 1.79 bits per heavy atom. The van der Waals surface area contributed by atoms with E-state index in [1.54, 1.807) is 60.7 Å². The molecule has 0 bridgehead atoms. The molecule has 170 valence electrons. The zero-order valence-corrected chi connectivity index (χ0v) is 19.8. The molecule has 0 saturated carbocycles. The Bertz CT molecular complexity index is 1280. The SMILES string of the molecule is O=C(CN(c1cccc(Br)c1)S(=O)(=O)c1ccccc1)N/N=C\c1cccc2c1OCCO2. The highest BCUT2D eigenvalue weighted by Gasteiger charge is 2.27. The van der Waals surface area contributed by atoms with Crippen molar-refractivity contribution in [1.82, 2.24) is 5.43 Å². The van der Waals surface area contributed by atoms with Crippen LogP contribution in [0.3, 0.4) is 0 Å². The van der Waals surface area contributed by atoms with Crippen LogP contribution in [0.1, 0.15) is 5.56 Å². The molecule has 0 spiro atoms. The molecule has 33 heavy (non-hydrogen) atoms. The number of sulfonamides is 1. The van der Waals surface area contributed by atoms with Crippen molar-refractivity contribution in [3.63, 3.8) is 0 Å². The normalized spacial score (nSPS) is 13.0. The standard InChI is InChI=1S/C23H20BrN3O5S/c24-18-7-5-8-19(14-18)27(33(29,30)20-9-2-1-3-10-20)16-22(28)26-25-15-17-6-4-11-21-23(17)32-13-12-31-21/h1-11,14-15H,12-13,16H2,(H,26,28)/b25-15-. The van der Waals surface area contributed by atoms with Gasteiger partial charge in [0.2, 0.25) is 0 Å². The first-order valence-electron chi connectivity index (χ1n) is 9.99. The first-order chi connectivity index (χ1) is 15.9. The molecule has 10 heteroatoms. The van der Waals surface area contributed by atoms with E-state index in [0.717, 1.165) is 4.31 Å². The van der Waals surface area contributed by atoms with Crippen molar-refractivity contribution >= 4 is 43.8 Å². The lowest BCUT2D eigenvalue weighted by Crippen LogP contribution is -2.39. The Labute approximate surface area is 200 Å². The predicted molar refractivity (Wildman–Crippen MR) is 128 cm³/mol. The van der Waals surface area contributed by atoms with Gasteiger partial charge in [-0.25, -0.2) is 13.8 Å². The number of halogens is 1. The van der Waals surface area contributed by atoms with Crippen molar-refractivity contribution in [2.45, 2.75) is 4.90 Å². The molecular weight excluding hydrogens is 510 g/mol. The molecule has 1 N–H and O–H groups in total. The molecule has 1 aliphatic rings. The molecule has 1 amide bonds. The summed E-state index contributed by atoms with van der Waals surface area (Å²) < 4.78 is 39.5. The molecule has 0 aromatic heterocycles. The van der Waals surface area contributed by atoms with Crippen LogP contribution in [-0.4, -0.2) is 40.3 Å². The van der Waals surface area contributed by atoms with Crippen LogP contribution in [0.15, 0.2) is 87.3 Å². The zero-order chi connectivity index (χ0) is 23.3. The molecule has 8 nitrogen and oxygen atoms in total. The third kappa shape index (κ3) is 5.35. The van der Waals surface area contributed by atoms with Gasteiger partial charge < -0.3 is 9.47 Å². The predicted octanol–water partition coefficient (Wildman–Crippen LogP) is 3.57. The lowest BCUT2D eigenvalue weighted by Gasteiger charge is -2.24. The molecule has 3 aromatic carbocycles. The summed E-state index contributed by atoms with van der Waals surface area (Å²) >= 11 is 3.35. The number of fused-ring (bicyclic) bond motifs is 1. The second-order valence-electron chi connectivity index (χ2n) is 6.97. The Kier molecular flexibility index (Phi) is 6.95. The summed E-state index contributed by atoms with van der Waals surface area (Å²) in [6.07, 6.45) is 1.43. The number of rotatable bonds is 7. The van der Waals surface area contributed by atoms with E-state index >= 15 is 0 Å². The molecule has 0 aliphatic carbocycles. The van der Waals surface area contributed by atoms with E-state index in [1.807, 2.05) is 0 Å². The Morgan fingerprint density at radius 3 is 2.58 bits per heavy atom. The van der Waals surface area contributed by atoms with Crippen LogP contribution in [0, 0.1) is 0 Å². The number of amides is 1. The van der Waals surface area contributed by atoms with Crippen LogP contribution in [0.25, 0.3) is 0 Å². The van der Waals surface area contributed by atoms with Gasteiger partial charge in [-0.05, 0) is 42.5 Å². The van der Waals surface area contributed by atoms with Crippen molar-refractivity contribution < 1.29 is 22.7 Å². The number of carbonyl (C=O) groups excluding carboxylic acids is 1. The number of anilines is 1. The monoisotopic (exact) mass is 529 g/mol. The van der Waals surface area contributed by atoms with Crippen molar-refractivity contribution in [2.24, 2.45) is 5.10 Å². The fourth-order valence-electron chi connectivity index (χ4n) is 3.20. The Hall–Kier alpha value is -3.37. The maximum Gasteiger partial charge on any atom is 0.264 e. The van der Waals surface area contributed by atoms with Gasteiger partial charge in [0.1, 0.15) is 19.8 Å². The molecule has 1 heterocycles. The van der Waals surface area contributed by atoms with Crippen molar-refractivity contribution in [1.29, 1.82) is 0 Å². The van der Waals surface area contributed by atoms with E-state index in [0.29, 0.717) is 40.4 Å². The van der Waals surface area contributed by atoms with Crippen LogP contribution >= 0.6 is 15.9 Å². The van der Waals surface area contributed by atoms with Gasteiger partial charge in [0.15, 0.2) is 11.5 Å². The zero-order valence-electron chi connectivity index (χ0n) is 17.3. The molecular formula is C23H20BrN3O5S.